The first-order valence-electron chi connectivity index (χ1n) is 6.53. The van der Waals surface area contributed by atoms with Gasteiger partial charge in [-0.1, -0.05) is 23.2 Å². The van der Waals surface area contributed by atoms with Crippen LogP contribution in [0.4, 0.5) is 0 Å². The lowest BCUT2D eigenvalue weighted by atomic mass is 10.3. The van der Waals surface area contributed by atoms with Crippen molar-refractivity contribution in [1.29, 1.82) is 0 Å². The smallest absolute Gasteiger partial charge is 0.271 e. The molecule has 1 aromatic carbocycles. The number of hydrogen-bond donors (Lipinski definition) is 2. The van der Waals surface area contributed by atoms with Crippen molar-refractivity contribution in [2.24, 2.45) is 0 Å². The highest BCUT2D eigenvalue weighted by atomic mass is 35.5. The number of H-pyrrole nitrogens is 1. The fraction of sp³-hybridized carbons (Fsp3) is 0.0667. The lowest BCUT2D eigenvalue weighted by Crippen LogP contribution is -2.23. The van der Waals surface area contributed by atoms with Crippen LogP contribution in [-0.2, 0) is 6.54 Å². The summed E-state index contributed by atoms with van der Waals surface area (Å²) in [5.74, 6) is -0.242. The summed E-state index contributed by atoms with van der Waals surface area (Å²) < 4.78 is 1.71. The van der Waals surface area contributed by atoms with Gasteiger partial charge in [0, 0.05) is 23.8 Å². The molecule has 2 heterocycles. The molecule has 0 spiro atoms. The topological polar surface area (TPSA) is 62.7 Å². The van der Waals surface area contributed by atoms with Gasteiger partial charge in [-0.05, 0) is 30.3 Å². The number of nitrogens with one attached hydrogen (secondary N) is 2. The van der Waals surface area contributed by atoms with E-state index in [1.54, 1.807) is 41.5 Å². The molecule has 7 heteroatoms. The normalized spacial score (nSPS) is 10.6. The van der Waals surface area contributed by atoms with Crippen LogP contribution in [0.2, 0.25) is 10.0 Å². The van der Waals surface area contributed by atoms with Crippen LogP contribution in [-0.4, -0.2) is 20.4 Å². The summed E-state index contributed by atoms with van der Waals surface area (Å²) in [6.07, 6.45) is 5.01. The van der Waals surface area contributed by atoms with Gasteiger partial charge in [-0.15, -0.1) is 0 Å². The van der Waals surface area contributed by atoms with Crippen LogP contribution in [0.5, 0.6) is 0 Å². The molecule has 0 radical (unpaired) electrons. The van der Waals surface area contributed by atoms with Gasteiger partial charge in [-0.2, -0.15) is 0 Å². The molecule has 22 heavy (non-hydrogen) atoms. The van der Waals surface area contributed by atoms with Crippen molar-refractivity contribution in [3.63, 3.8) is 0 Å². The highest BCUT2D eigenvalue weighted by molar-refractivity contribution is 6.42. The highest BCUT2D eigenvalue weighted by Gasteiger charge is 2.10. The SMILES string of the molecule is O=C(NCc1ccc[nH]1)c1cn(-c2ccc(Cl)c(Cl)c2)cn1. The molecule has 5 nitrogen and oxygen atoms in total. The Hall–Kier alpha value is -2.24. The summed E-state index contributed by atoms with van der Waals surface area (Å²) in [5.41, 5.74) is 2.04. The van der Waals surface area contributed by atoms with Crippen molar-refractivity contribution in [1.82, 2.24) is 19.9 Å². The third kappa shape index (κ3) is 3.16. The van der Waals surface area contributed by atoms with Gasteiger partial charge in [0.2, 0.25) is 0 Å². The molecule has 2 aromatic heterocycles. The van der Waals surface area contributed by atoms with Gasteiger partial charge >= 0.3 is 0 Å². The number of nitrogens with zero attached hydrogens (tertiary/aromatic N) is 2. The van der Waals surface area contributed by atoms with Gasteiger partial charge < -0.3 is 14.9 Å². The quantitative estimate of drug-likeness (QED) is 0.767. The van der Waals surface area contributed by atoms with Crippen molar-refractivity contribution in [2.45, 2.75) is 6.54 Å². The highest BCUT2D eigenvalue weighted by Crippen LogP contribution is 2.24. The van der Waals surface area contributed by atoms with Crippen LogP contribution in [0.15, 0.2) is 49.1 Å². The molecule has 1 amide bonds. The Labute approximate surface area is 136 Å². The second kappa shape index (κ2) is 6.25. The molecule has 0 aliphatic rings. The monoisotopic (exact) mass is 334 g/mol. The largest absolute Gasteiger partial charge is 0.364 e. The van der Waals surface area contributed by atoms with Gasteiger partial charge in [0.15, 0.2) is 0 Å². The zero-order valence-corrected chi connectivity index (χ0v) is 12.9. The number of aromatic amines is 1. The molecule has 0 bridgehead atoms. The Morgan fingerprint density at radius 1 is 1.27 bits per heavy atom. The Morgan fingerprint density at radius 2 is 2.14 bits per heavy atom. The van der Waals surface area contributed by atoms with Gasteiger partial charge in [0.25, 0.3) is 5.91 Å². The molecule has 0 fully saturated rings. The number of amides is 1. The fourth-order valence-electron chi connectivity index (χ4n) is 1.97. The predicted molar refractivity (Wildman–Crippen MR) is 85.5 cm³/mol. The van der Waals surface area contributed by atoms with Crippen molar-refractivity contribution in [3.8, 4) is 5.69 Å². The van der Waals surface area contributed by atoms with E-state index in [2.05, 4.69) is 15.3 Å². The van der Waals surface area contributed by atoms with Crippen molar-refractivity contribution >= 4 is 29.1 Å². The minimum absolute atomic E-state index is 0.242. The summed E-state index contributed by atoms with van der Waals surface area (Å²) in [6, 6.07) is 8.99. The van der Waals surface area contributed by atoms with Crippen LogP contribution in [0.25, 0.3) is 5.69 Å². The maximum Gasteiger partial charge on any atom is 0.271 e. The molecule has 3 aromatic rings. The molecule has 112 valence electrons. The van der Waals surface area contributed by atoms with E-state index in [4.69, 9.17) is 23.2 Å². The minimum Gasteiger partial charge on any atom is -0.364 e. The summed E-state index contributed by atoms with van der Waals surface area (Å²) >= 11 is 11.9. The predicted octanol–water partition coefficient (Wildman–Crippen LogP) is 3.44. The molecule has 0 atom stereocenters. The molecule has 3 rings (SSSR count). The number of imidazole rings is 1. The second-order valence-corrected chi connectivity index (χ2v) is 5.46. The molecule has 0 unspecified atom stereocenters. The number of carbonyl (C=O) groups is 1. The Balaban J connectivity index is 1.72. The van der Waals surface area contributed by atoms with Crippen LogP contribution >= 0.6 is 23.2 Å². The molecule has 0 aliphatic carbocycles. The zero-order valence-electron chi connectivity index (χ0n) is 11.4. The van der Waals surface area contributed by atoms with E-state index in [0.29, 0.717) is 22.3 Å². The van der Waals surface area contributed by atoms with Gasteiger partial charge in [-0.3, -0.25) is 4.79 Å². The van der Waals surface area contributed by atoms with Crippen molar-refractivity contribution < 1.29 is 4.79 Å². The average Bonchev–Trinajstić information content (AvgIpc) is 3.18. The number of aromatic nitrogens is 3. The van der Waals surface area contributed by atoms with E-state index in [1.807, 2.05) is 12.1 Å². The standard InChI is InChI=1S/C15H12Cl2N4O/c16-12-4-3-11(6-13(12)17)21-8-14(20-9-21)15(22)19-7-10-2-1-5-18-10/h1-6,8-9,18H,7H2,(H,19,22). The van der Waals surface area contributed by atoms with Gasteiger partial charge in [0.05, 0.1) is 16.6 Å². The Kier molecular flexibility index (Phi) is 4.18. The van der Waals surface area contributed by atoms with Crippen LogP contribution in [0.3, 0.4) is 0 Å². The summed E-state index contributed by atoms with van der Waals surface area (Å²) in [4.78, 5) is 19.2. The summed E-state index contributed by atoms with van der Waals surface area (Å²) in [7, 11) is 0. The lowest BCUT2D eigenvalue weighted by Gasteiger charge is -2.03. The number of benzene rings is 1. The average molecular weight is 335 g/mol. The molecule has 2 N–H and O–H groups in total. The molecule has 0 aliphatic heterocycles. The molecule has 0 saturated carbocycles. The first-order valence-corrected chi connectivity index (χ1v) is 7.29. The first-order chi connectivity index (χ1) is 10.6. The molecular weight excluding hydrogens is 323 g/mol. The van der Waals surface area contributed by atoms with Gasteiger partial charge in [-0.25, -0.2) is 4.98 Å². The summed E-state index contributed by atoms with van der Waals surface area (Å²) in [6.45, 7) is 0.422. The number of halogens is 2. The van der Waals surface area contributed by atoms with E-state index in [-0.39, 0.29) is 5.91 Å². The van der Waals surface area contributed by atoms with E-state index < -0.39 is 0 Å². The van der Waals surface area contributed by atoms with Crippen molar-refractivity contribution in [2.75, 3.05) is 0 Å². The number of carbonyl (C=O) groups excluding carboxylic acids is 1. The zero-order chi connectivity index (χ0) is 15.5. The van der Waals surface area contributed by atoms with Crippen LogP contribution in [0.1, 0.15) is 16.2 Å². The Bertz CT molecular complexity index is 796. The third-order valence-corrected chi connectivity index (χ3v) is 3.86. The number of rotatable bonds is 4. The summed E-state index contributed by atoms with van der Waals surface area (Å²) in [5, 5.41) is 3.72. The fourth-order valence-corrected chi connectivity index (χ4v) is 2.26. The van der Waals surface area contributed by atoms with E-state index in [9.17, 15) is 4.79 Å². The van der Waals surface area contributed by atoms with Crippen LogP contribution < -0.4 is 5.32 Å². The second-order valence-electron chi connectivity index (χ2n) is 4.64. The van der Waals surface area contributed by atoms with E-state index in [1.165, 1.54) is 0 Å². The molecular formula is C15H12Cl2N4O. The minimum atomic E-state index is -0.242. The Morgan fingerprint density at radius 3 is 2.86 bits per heavy atom. The van der Waals surface area contributed by atoms with Crippen molar-refractivity contribution in [3.05, 3.63) is 70.5 Å². The number of hydrogen-bond acceptors (Lipinski definition) is 2. The van der Waals surface area contributed by atoms with E-state index >= 15 is 0 Å². The maximum absolute atomic E-state index is 12.1. The first kappa shape index (κ1) is 14.7. The lowest BCUT2D eigenvalue weighted by molar-refractivity contribution is 0.0946. The van der Waals surface area contributed by atoms with E-state index in [0.717, 1.165) is 11.4 Å². The van der Waals surface area contributed by atoms with Crippen LogP contribution in [0, 0.1) is 0 Å². The third-order valence-electron chi connectivity index (χ3n) is 3.12. The molecule has 0 saturated heterocycles. The maximum atomic E-state index is 12.1. The van der Waals surface area contributed by atoms with Gasteiger partial charge in [0.1, 0.15) is 12.0 Å².